The number of ether oxygens (including phenoxy) is 1. The van der Waals surface area contributed by atoms with Crippen molar-refractivity contribution in [1.82, 2.24) is 9.38 Å². The monoisotopic (exact) mass is 307 g/mol. The van der Waals surface area contributed by atoms with E-state index >= 15 is 0 Å². The number of aromatic nitrogens is 2. The van der Waals surface area contributed by atoms with Crippen molar-refractivity contribution in [1.29, 1.82) is 0 Å². The Bertz CT molecular complexity index is 893. The van der Waals surface area contributed by atoms with Crippen molar-refractivity contribution in [3.05, 3.63) is 59.9 Å². The molecule has 0 N–H and O–H groups in total. The van der Waals surface area contributed by atoms with Gasteiger partial charge in [0.1, 0.15) is 11.4 Å². The molecule has 1 aromatic carbocycles. The molecule has 0 aliphatic heterocycles. The van der Waals surface area contributed by atoms with E-state index in [1.807, 2.05) is 53.9 Å². The number of nitrogens with zero attached hydrogens (tertiary/aromatic N) is 2. The summed E-state index contributed by atoms with van der Waals surface area (Å²) in [5.41, 5.74) is 4.08. The summed E-state index contributed by atoms with van der Waals surface area (Å²) in [6.07, 6.45) is 4.38. The van der Waals surface area contributed by atoms with Gasteiger partial charge in [0.25, 0.3) is 0 Å². The predicted molar refractivity (Wildman–Crippen MR) is 86.0 cm³/mol. The van der Waals surface area contributed by atoms with Crippen LogP contribution in [-0.4, -0.2) is 22.5 Å². The molecule has 0 spiro atoms. The highest BCUT2D eigenvalue weighted by Gasteiger charge is 2.13. The molecule has 0 atom stereocenters. The Kier molecular flexibility index (Phi) is 3.85. The van der Waals surface area contributed by atoms with Crippen LogP contribution in [0.2, 0.25) is 0 Å². The number of carbonyl (C=O) groups is 1. The van der Waals surface area contributed by atoms with Gasteiger partial charge in [-0.15, -0.1) is 0 Å². The summed E-state index contributed by atoms with van der Waals surface area (Å²) in [7, 11) is 1.61. The number of benzene rings is 1. The molecule has 0 radical (unpaired) electrons. The summed E-state index contributed by atoms with van der Waals surface area (Å²) < 4.78 is 7.04. The molecule has 0 aliphatic rings. The zero-order valence-corrected chi connectivity index (χ0v) is 12.8. The number of fused-ring (bicyclic) bond motifs is 1. The molecule has 3 aromatic rings. The number of hydrogen-bond donors (Lipinski definition) is 0. The van der Waals surface area contributed by atoms with Crippen LogP contribution in [0.1, 0.15) is 11.3 Å². The van der Waals surface area contributed by atoms with Crippen LogP contribution in [0.25, 0.3) is 23.0 Å². The van der Waals surface area contributed by atoms with E-state index in [-0.39, 0.29) is 0 Å². The standard InChI is InChI=1S/C18H16N2O3/c1-12-4-3-11-20-15(9-10-16(21)22)17(19-18(12)20)13-5-7-14(23-2)8-6-13/h3-11H,1-2H3,(H,21,22)/p-1/b10-9+. The molecule has 0 saturated heterocycles. The molecule has 0 amide bonds. The molecule has 5 heteroatoms. The van der Waals surface area contributed by atoms with E-state index in [9.17, 15) is 9.90 Å². The third kappa shape index (κ3) is 2.81. The van der Waals surface area contributed by atoms with E-state index in [4.69, 9.17) is 4.74 Å². The van der Waals surface area contributed by atoms with Crippen LogP contribution < -0.4 is 9.84 Å². The second-order valence-electron chi connectivity index (χ2n) is 5.11. The van der Waals surface area contributed by atoms with Crippen LogP contribution >= 0.6 is 0 Å². The van der Waals surface area contributed by atoms with Crippen molar-refractivity contribution in [3.63, 3.8) is 0 Å². The number of pyridine rings is 1. The molecular weight excluding hydrogens is 292 g/mol. The van der Waals surface area contributed by atoms with E-state index < -0.39 is 5.97 Å². The van der Waals surface area contributed by atoms with E-state index in [1.54, 1.807) is 7.11 Å². The third-order valence-electron chi connectivity index (χ3n) is 3.62. The number of rotatable bonds is 4. The molecular formula is C18H15N2O3-. The van der Waals surface area contributed by atoms with Gasteiger partial charge in [-0.25, -0.2) is 4.98 Å². The first kappa shape index (κ1) is 14.8. The molecule has 0 aliphatic carbocycles. The SMILES string of the molecule is COc1ccc(-c2nc3c(C)cccn3c2/C=C/C(=O)[O-])cc1. The highest BCUT2D eigenvalue weighted by Crippen LogP contribution is 2.28. The second-order valence-corrected chi connectivity index (χ2v) is 5.11. The fourth-order valence-electron chi connectivity index (χ4n) is 2.49. The first-order valence-electron chi connectivity index (χ1n) is 7.11. The van der Waals surface area contributed by atoms with Crippen molar-refractivity contribution < 1.29 is 14.6 Å². The topological polar surface area (TPSA) is 66.7 Å². The molecule has 3 rings (SSSR count). The highest BCUT2D eigenvalue weighted by atomic mass is 16.5. The van der Waals surface area contributed by atoms with E-state index in [0.29, 0.717) is 11.4 Å². The summed E-state index contributed by atoms with van der Waals surface area (Å²) in [6, 6.07) is 11.3. The Morgan fingerprint density at radius 1 is 1.26 bits per heavy atom. The Labute approximate surface area is 133 Å². The maximum Gasteiger partial charge on any atom is 0.140 e. The largest absolute Gasteiger partial charge is 0.545 e. The van der Waals surface area contributed by atoms with Crippen LogP contribution in [0.4, 0.5) is 0 Å². The molecule has 0 saturated carbocycles. The normalized spacial score (nSPS) is 11.2. The number of carbonyl (C=O) groups excluding carboxylic acids is 1. The summed E-state index contributed by atoms with van der Waals surface area (Å²) in [4.78, 5) is 15.5. The zero-order chi connectivity index (χ0) is 16.4. The van der Waals surface area contributed by atoms with Gasteiger partial charge in [-0.05, 0) is 55.0 Å². The van der Waals surface area contributed by atoms with E-state index in [1.165, 1.54) is 6.08 Å². The average Bonchev–Trinajstić information content (AvgIpc) is 2.93. The lowest BCUT2D eigenvalue weighted by atomic mass is 10.1. The number of methoxy groups -OCH3 is 1. The van der Waals surface area contributed by atoms with Gasteiger partial charge in [0.05, 0.1) is 24.5 Å². The Hall–Kier alpha value is -3.08. The van der Waals surface area contributed by atoms with Crippen molar-refractivity contribution in [2.45, 2.75) is 6.92 Å². The first-order valence-corrected chi connectivity index (χ1v) is 7.11. The lowest BCUT2D eigenvalue weighted by molar-refractivity contribution is -0.297. The fraction of sp³-hybridized carbons (Fsp3) is 0.111. The minimum atomic E-state index is -1.24. The second kappa shape index (κ2) is 5.96. The van der Waals surface area contributed by atoms with Crippen LogP contribution in [0, 0.1) is 6.92 Å². The summed E-state index contributed by atoms with van der Waals surface area (Å²) in [6.45, 7) is 1.96. The quantitative estimate of drug-likeness (QED) is 0.692. The van der Waals surface area contributed by atoms with Crippen LogP contribution in [-0.2, 0) is 4.79 Å². The minimum Gasteiger partial charge on any atom is -0.545 e. The summed E-state index contributed by atoms with van der Waals surface area (Å²) in [5, 5.41) is 10.8. The smallest absolute Gasteiger partial charge is 0.140 e. The first-order chi connectivity index (χ1) is 11.1. The zero-order valence-electron chi connectivity index (χ0n) is 12.8. The van der Waals surface area contributed by atoms with Crippen molar-refractivity contribution >= 4 is 17.7 Å². The van der Waals surface area contributed by atoms with Gasteiger partial charge in [-0.1, -0.05) is 6.07 Å². The van der Waals surface area contributed by atoms with Crippen molar-refractivity contribution in [2.75, 3.05) is 7.11 Å². The van der Waals surface area contributed by atoms with Gasteiger partial charge in [0, 0.05) is 11.8 Å². The van der Waals surface area contributed by atoms with Gasteiger partial charge in [-0.3, -0.25) is 4.40 Å². The molecule has 2 heterocycles. The highest BCUT2D eigenvalue weighted by molar-refractivity contribution is 5.86. The number of imidazole rings is 1. The Morgan fingerprint density at radius 2 is 2.00 bits per heavy atom. The van der Waals surface area contributed by atoms with Gasteiger partial charge in [-0.2, -0.15) is 0 Å². The number of carboxylic acids is 1. The lowest BCUT2D eigenvalue weighted by Crippen LogP contribution is -2.18. The average molecular weight is 307 g/mol. The number of hydrogen-bond acceptors (Lipinski definition) is 4. The minimum absolute atomic E-state index is 0.693. The molecule has 0 fully saturated rings. The maximum absolute atomic E-state index is 10.8. The molecule has 2 aromatic heterocycles. The van der Waals surface area contributed by atoms with Crippen LogP contribution in [0.15, 0.2) is 48.7 Å². The van der Waals surface area contributed by atoms with Gasteiger partial charge >= 0.3 is 0 Å². The molecule has 5 nitrogen and oxygen atoms in total. The number of carboxylic acid groups (broad SMARTS) is 1. The van der Waals surface area contributed by atoms with Crippen molar-refractivity contribution in [2.24, 2.45) is 0 Å². The Balaban J connectivity index is 2.23. The van der Waals surface area contributed by atoms with E-state index in [0.717, 1.165) is 28.6 Å². The summed E-state index contributed by atoms with van der Waals surface area (Å²) >= 11 is 0. The number of aliphatic carboxylic acids is 1. The Morgan fingerprint density at radius 3 is 2.65 bits per heavy atom. The lowest BCUT2D eigenvalue weighted by Gasteiger charge is -2.03. The maximum atomic E-state index is 10.8. The third-order valence-corrected chi connectivity index (χ3v) is 3.62. The van der Waals surface area contributed by atoms with Crippen LogP contribution in [0.3, 0.4) is 0 Å². The summed E-state index contributed by atoms with van der Waals surface area (Å²) in [5.74, 6) is -0.492. The predicted octanol–water partition coefficient (Wildman–Crippen LogP) is 2.08. The van der Waals surface area contributed by atoms with Crippen molar-refractivity contribution in [3.8, 4) is 17.0 Å². The van der Waals surface area contributed by atoms with E-state index in [2.05, 4.69) is 4.98 Å². The van der Waals surface area contributed by atoms with Gasteiger partial charge in [0.15, 0.2) is 0 Å². The number of aryl methyl sites for hydroxylation is 1. The molecule has 23 heavy (non-hydrogen) atoms. The van der Waals surface area contributed by atoms with Gasteiger partial charge in [0.2, 0.25) is 0 Å². The molecule has 116 valence electrons. The van der Waals surface area contributed by atoms with Gasteiger partial charge < -0.3 is 14.6 Å². The van der Waals surface area contributed by atoms with Crippen LogP contribution in [0.5, 0.6) is 5.75 Å². The fourth-order valence-corrected chi connectivity index (χ4v) is 2.49. The molecule has 0 bridgehead atoms. The molecule has 0 unspecified atom stereocenters.